The Morgan fingerprint density at radius 1 is 0.769 bits per heavy atom. The molecule has 1 N–H and O–H groups in total. The zero-order valence-corrected chi connectivity index (χ0v) is 34.7. The van der Waals surface area contributed by atoms with Gasteiger partial charge in [-0.05, 0) is 135 Å². The quantitative estimate of drug-likeness (QED) is 0.221. The van der Waals surface area contributed by atoms with Crippen LogP contribution in [0.1, 0.15) is 140 Å². The van der Waals surface area contributed by atoms with Gasteiger partial charge in [-0.3, -0.25) is 14.4 Å². The highest BCUT2D eigenvalue weighted by molar-refractivity contribution is 5.86. The molecule has 12 atom stereocenters. The summed E-state index contributed by atoms with van der Waals surface area (Å²) in [6.07, 6.45) is 11.7. The molecule has 0 aromatic carbocycles. The highest BCUT2D eigenvalue weighted by atomic mass is 16.5. The van der Waals surface area contributed by atoms with E-state index in [-0.39, 0.29) is 68.3 Å². The monoisotopic (exact) mass is 720 g/mol. The molecule has 2 amide bonds. The van der Waals surface area contributed by atoms with Crippen LogP contribution in [0.15, 0.2) is 12.2 Å². The van der Waals surface area contributed by atoms with Gasteiger partial charge in [-0.15, -0.1) is 0 Å². The first-order chi connectivity index (χ1) is 24.3. The van der Waals surface area contributed by atoms with Crippen LogP contribution in [-0.2, 0) is 19.1 Å². The molecule has 0 spiro atoms. The second kappa shape index (κ2) is 12.8. The first-order valence-electron chi connectivity index (χ1n) is 21.4. The van der Waals surface area contributed by atoms with Crippen molar-refractivity contribution in [1.29, 1.82) is 0 Å². The summed E-state index contributed by atoms with van der Waals surface area (Å²) < 4.78 is 5.98. The van der Waals surface area contributed by atoms with Gasteiger partial charge in [0.25, 0.3) is 0 Å². The highest BCUT2D eigenvalue weighted by Crippen LogP contribution is 2.77. The Morgan fingerprint density at radius 3 is 2.08 bits per heavy atom. The Bertz CT molecular complexity index is 1460. The van der Waals surface area contributed by atoms with Crippen molar-refractivity contribution in [2.24, 2.45) is 68.0 Å². The second-order valence-corrected chi connectivity index (χ2v) is 21.2. The van der Waals surface area contributed by atoms with Gasteiger partial charge in [0.05, 0.1) is 5.41 Å². The number of likely N-dealkylation sites (N-methyl/N-ethyl adjacent to an activating group) is 1. The number of carbonyl (C=O) groups excluding carboxylic acids is 3. The van der Waals surface area contributed by atoms with Crippen LogP contribution < -0.4 is 5.32 Å². The first kappa shape index (κ1) is 38.4. The van der Waals surface area contributed by atoms with Crippen LogP contribution in [0, 0.1) is 68.0 Å². The van der Waals surface area contributed by atoms with E-state index in [0.29, 0.717) is 29.6 Å². The van der Waals surface area contributed by atoms with E-state index in [1.807, 2.05) is 0 Å². The number of hydrogen-bond acceptors (Lipinski definition) is 5. The van der Waals surface area contributed by atoms with Crippen LogP contribution in [0.3, 0.4) is 0 Å². The van der Waals surface area contributed by atoms with E-state index < -0.39 is 0 Å². The smallest absolute Gasteiger partial charge is 0.302 e. The number of fused-ring (bicyclic) bond motifs is 7. The van der Waals surface area contributed by atoms with Crippen LogP contribution >= 0.6 is 0 Å². The Kier molecular flexibility index (Phi) is 9.47. The lowest BCUT2D eigenvalue weighted by Gasteiger charge is -2.73. The minimum absolute atomic E-state index is 0.00598. The van der Waals surface area contributed by atoms with E-state index in [4.69, 9.17) is 4.74 Å². The number of nitrogens with zero attached hydrogens (tertiary/aromatic N) is 2. The largest absolute Gasteiger partial charge is 0.462 e. The zero-order valence-electron chi connectivity index (χ0n) is 34.7. The fraction of sp³-hybridized carbons (Fsp3) is 0.889. The molecule has 7 rings (SSSR count). The lowest BCUT2D eigenvalue weighted by atomic mass is 9.32. The van der Waals surface area contributed by atoms with Crippen molar-refractivity contribution < 1.29 is 19.1 Å². The van der Waals surface area contributed by atoms with Gasteiger partial charge in [-0.1, -0.05) is 67.5 Å². The molecule has 6 saturated carbocycles. The molecule has 0 aromatic heterocycles. The number of esters is 1. The summed E-state index contributed by atoms with van der Waals surface area (Å²) in [5.74, 6) is 2.73. The van der Waals surface area contributed by atoms with Crippen molar-refractivity contribution in [2.45, 2.75) is 152 Å². The van der Waals surface area contributed by atoms with Crippen molar-refractivity contribution in [1.82, 2.24) is 15.1 Å². The average Bonchev–Trinajstić information content (AvgIpc) is 3.49. The Balaban J connectivity index is 1.11. The molecule has 7 aliphatic rings. The van der Waals surface area contributed by atoms with Crippen LogP contribution in [0.25, 0.3) is 0 Å². The molecule has 7 nitrogen and oxygen atoms in total. The molecule has 1 saturated heterocycles. The Labute approximate surface area is 316 Å². The summed E-state index contributed by atoms with van der Waals surface area (Å²) in [5.41, 5.74) is 1.17. The predicted molar refractivity (Wildman–Crippen MR) is 207 cm³/mol. The molecule has 7 fully saturated rings. The summed E-state index contributed by atoms with van der Waals surface area (Å²) >= 11 is 0. The predicted octanol–water partition coefficient (Wildman–Crippen LogP) is 8.27. The van der Waals surface area contributed by atoms with Gasteiger partial charge in [0.1, 0.15) is 6.10 Å². The molecule has 7 heteroatoms. The molecular formula is C45H73N3O4. The van der Waals surface area contributed by atoms with Gasteiger partial charge in [0.15, 0.2) is 0 Å². The maximum atomic E-state index is 15.0. The molecular weight excluding hydrogens is 647 g/mol. The number of piperazine rings is 1. The number of rotatable bonds is 6. The van der Waals surface area contributed by atoms with Crippen molar-refractivity contribution in [3.8, 4) is 0 Å². The fourth-order valence-electron chi connectivity index (χ4n) is 15.3. The molecule has 1 aliphatic heterocycles. The summed E-state index contributed by atoms with van der Waals surface area (Å²) in [7, 11) is 0. The molecule has 0 radical (unpaired) electrons. The molecule has 52 heavy (non-hydrogen) atoms. The van der Waals surface area contributed by atoms with E-state index in [1.165, 1.54) is 31.3 Å². The van der Waals surface area contributed by atoms with Gasteiger partial charge >= 0.3 is 5.97 Å². The number of nitrogens with one attached hydrogen (secondary N) is 1. The Hall–Kier alpha value is -1.89. The molecule has 6 aliphatic carbocycles. The van der Waals surface area contributed by atoms with Crippen molar-refractivity contribution in [3.63, 3.8) is 0 Å². The van der Waals surface area contributed by atoms with Crippen molar-refractivity contribution >= 4 is 17.8 Å². The number of ether oxygens (including phenoxy) is 1. The van der Waals surface area contributed by atoms with Crippen molar-refractivity contribution in [2.75, 3.05) is 32.7 Å². The topological polar surface area (TPSA) is 79.0 Å². The Morgan fingerprint density at radius 2 is 1.46 bits per heavy atom. The fourth-order valence-corrected chi connectivity index (χ4v) is 15.3. The van der Waals surface area contributed by atoms with Gasteiger partial charge in [-0.25, -0.2) is 0 Å². The van der Waals surface area contributed by atoms with Gasteiger partial charge in [-0.2, -0.15) is 0 Å². The molecule has 0 aromatic rings. The maximum absolute atomic E-state index is 15.0. The van der Waals surface area contributed by atoms with E-state index in [2.05, 4.69) is 84.0 Å². The number of amides is 2. The minimum Gasteiger partial charge on any atom is -0.462 e. The maximum Gasteiger partial charge on any atom is 0.302 e. The second-order valence-electron chi connectivity index (χ2n) is 21.2. The van der Waals surface area contributed by atoms with E-state index in [1.54, 1.807) is 6.92 Å². The lowest BCUT2D eigenvalue weighted by Crippen LogP contribution is -2.68. The minimum atomic E-state index is -0.357. The van der Waals surface area contributed by atoms with E-state index in [9.17, 15) is 14.4 Å². The molecule has 0 unspecified atom stereocenters. The zero-order chi connectivity index (χ0) is 37.8. The van der Waals surface area contributed by atoms with Gasteiger partial charge in [0.2, 0.25) is 11.8 Å². The first-order valence-corrected chi connectivity index (χ1v) is 21.4. The molecule has 0 bridgehead atoms. The highest BCUT2D eigenvalue weighted by Gasteiger charge is 2.72. The summed E-state index contributed by atoms with van der Waals surface area (Å²) in [6.45, 7) is 32.2. The number of hydrogen-bond donors (Lipinski definition) is 1. The van der Waals surface area contributed by atoms with Crippen LogP contribution in [0.5, 0.6) is 0 Å². The van der Waals surface area contributed by atoms with Gasteiger partial charge in [0, 0.05) is 50.5 Å². The van der Waals surface area contributed by atoms with Crippen LogP contribution in [0.4, 0.5) is 0 Å². The standard InChI is InChI=1S/C45H73N3O4/c1-12-47-23-25-48(26-24-47)38(50)32-27-35(40(32,5)6)46-39(51)45-20-15-30(28(2)3)37(45)31-13-14-34-42(9)18-17-36(52-29(4)49)41(7,8)33(42)16-19-44(34,11)43(31,10)21-22-45/h30-37H,2,12-27H2,1,3-11H3,(H,46,51)/t30-,31+,32+,33-,34+,35+,36-,37+,42-,43+,44+,45-/m0/s1. The number of allylic oxidation sites excluding steroid dienone is 1. The van der Waals surface area contributed by atoms with Gasteiger partial charge < -0.3 is 19.9 Å². The molecule has 292 valence electrons. The summed E-state index contributed by atoms with van der Waals surface area (Å²) in [4.78, 5) is 45.3. The van der Waals surface area contributed by atoms with Crippen LogP contribution in [-0.4, -0.2) is 72.5 Å². The third-order valence-corrected chi connectivity index (χ3v) is 18.8. The normalized spacial score (nSPS) is 46.4. The van der Waals surface area contributed by atoms with E-state index in [0.717, 1.165) is 77.7 Å². The lowest BCUT2D eigenvalue weighted by molar-refractivity contribution is -0.249. The summed E-state index contributed by atoms with van der Waals surface area (Å²) in [5, 5.41) is 3.66. The van der Waals surface area contributed by atoms with Crippen molar-refractivity contribution in [3.05, 3.63) is 12.2 Å². The summed E-state index contributed by atoms with van der Waals surface area (Å²) in [6, 6.07) is 0.0343. The third kappa shape index (κ3) is 5.36. The van der Waals surface area contributed by atoms with E-state index >= 15 is 0 Å². The SMILES string of the molecule is C=C(C)[C@@H]1CC[C@]2(C(=O)N[C@@H]3C[C@H](C(=O)N4CCN(CC)CC4)C3(C)C)CC[C@]3(C)[C@H](CC[C@@H]4[C@@]5(C)CC[C@H](OC(C)=O)C(C)(C)[C@@H]5CC[C@]43C)[C@@H]12. The molecule has 1 heterocycles. The van der Waals surface area contributed by atoms with Crippen LogP contribution in [0.2, 0.25) is 0 Å². The third-order valence-electron chi connectivity index (χ3n) is 18.8. The number of carbonyl (C=O) groups is 3. The average molecular weight is 720 g/mol.